The molecule has 0 aliphatic carbocycles. The molecule has 1 fully saturated rings. The van der Waals surface area contributed by atoms with Crippen LogP contribution in [0.1, 0.15) is 30.1 Å². The summed E-state index contributed by atoms with van der Waals surface area (Å²) in [5.41, 5.74) is 0.411. The van der Waals surface area contributed by atoms with Crippen LogP contribution in [0.15, 0.2) is 15.7 Å². The van der Waals surface area contributed by atoms with E-state index in [2.05, 4.69) is 6.92 Å². The molecule has 0 unspecified atom stereocenters. The van der Waals surface area contributed by atoms with Crippen molar-refractivity contribution in [2.24, 2.45) is 5.92 Å². The normalized spacial score (nSPS) is 18.0. The molecule has 0 atom stereocenters. The second-order valence-electron chi connectivity index (χ2n) is 4.57. The van der Waals surface area contributed by atoms with Crippen LogP contribution < -0.4 is 0 Å². The van der Waals surface area contributed by atoms with Gasteiger partial charge in [-0.3, -0.25) is 4.79 Å². The van der Waals surface area contributed by atoms with E-state index in [0.717, 1.165) is 37.3 Å². The summed E-state index contributed by atoms with van der Waals surface area (Å²) in [5, 5.41) is 1.55. The summed E-state index contributed by atoms with van der Waals surface area (Å²) in [5.74, 6) is 0.542. The first-order valence-corrected chi connectivity index (χ1v) is 8.89. The summed E-state index contributed by atoms with van der Waals surface area (Å²) in [4.78, 5) is 13.9. The second kappa shape index (κ2) is 5.19. The van der Waals surface area contributed by atoms with E-state index in [1.54, 1.807) is 10.3 Å². The van der Waals surface area contributed by atoms with Crippen LogP contribution in [0.3, 0.4) is 0 Å². The predicted octanol–water partition coefficient (Wildman–Crippen LogP) is 2.55. The number of piperidine rings is 1. The Labute approximate surface area is 115 Å². The van der Waals surface area contributed by atoms with Crippen LogP contribution in [0.25, 0.3) is 0 Å². The first kappa shape index (κ1) is 13.8. The van der Waals surface area contributed by atoms with Gasteiger partial charge in [0.2, 0.25) is 0 Å². The lowest BCUT2D eigenvalue weighted by Crippen LogP contribution is -2.37. The lowest BCUT2D eigenvalue weighted by Gasteiger charge is -2.30. The van der Waals surface area contributed by atoms with Crippen molar-refractivity contribution in [3.05, 3.63) is 17.0 Å². The SMILES string of the molecule is CC1CCN(C(=O)c2csc(S(=O)(=O)Cl)c2)CC1. The smallest absolute Gasteiger partial charge is 0.270 e. The van der Waals surface area contributed by atoms with E-state index in [1.807, 2.05) is 0 Å². The molecule has 1 aliphatic heterocycles. The summed E-state index contributed by atoms with van der Waals surface area (Å²) in [7, 11) is 1.50. The van der Waals surface area contributed by atoms with Gasteiger partial charge in [-0.05, 0) is 24.8 Å². The predicted molar refractivity (Wildman–Crippen MR) is 71.7 cm³/mol. The maximum absolute atomic E-state index is 12.1. The maximum atomic E-state index is 12.1. The van der Waals surface area contributed by atoms with Crippen molar-refractivity contribution in [2.45, 2.75) is 24.0 Å². The first-order chi connectivity index (χ1) is 8.38. The zero-order valence-electron chi connectivity index (χ0n) is 9.93. The molecule has 1 aromatic heterocycles. The van der Waals surface area contributed by atoms with Gasteiger partial charge in [-0.2, -0.15) is 0 Å². The molecule has 2 rings (SSSR count). The van der Waals surface area contributed by atoms with E-state index < -0.39 is 9.05 Å². The summed E-state index contributed by atoms with van der Waals surface area (Å²) >= 11 is 0.982. The van der Waals surface area contributed by atoms with Gasteiger partial charge in [0, 0.05) is 29.2 Å². The molecule has 7 heteroatoms. The zero-order valence-corrected chi connectivity index (χ0v) is 12.3. The molecule has 18 heavy (non-hydrogen) atoms. The van der Waals surface area contributed by atoms with E-state index in [0.29, 0.717) is 11.5 Å². The topological polar surface area (TPSA) is 54.5 Å². The Morgan fingerprint density at radius 2 is 2.06 bits per heavy atom. The molecule has 0 spiro atoms. The highest BCUT2D eigenvalue weighted by molar-refractivity contribution is 8.15. The van der Waals surface area contributed by atoms with Gasteiger partial charge < -0.3 is 4.90 Å². The fourth-order valence-corrected chi connectivity index (χ4v) is 3.89. The molecule has 1 aromatic rings. The van der Waals surface area contributed by atoms with E-state index in [4.69, 9.17) is 10.7 Å². The molecule has 4 nitrogen and oxygen atoms in total. The van der Waals surface area contributed by atoms with Crippen molar-refractivity contribution in [1.29, 1.82) is 0 Å². The van der Waals surface area contributed by atoms with Crippen LogP contribution in [0.5, 0.6) is 0 Å². The van der Waals surface area contributed by atoms with Gasteiger partial charge in [0.25, 0.3) is 15.0 Å². The van der Waals surface area contributed by atoms with Crippen LogP contribution >= 0.6 is 22.0 Å². The van der Waals surface area contributed by atoms with Crippen molar-refractivity contribution < 1.29 is 13.2 Å². The van der Waals surface area contributed by atoms with E-state index in [9.17, 15) is 13.2 Å². The van der Waals surface area contributed by atoms with Crippen molar-refractivity contribution >= 4 is 37.0 Å². The number of carbonyl (C=O) groups excluding carboxylic acids is 1. The second-order valence-corrected chi connectivity index (χ2v) is 8.27. The lowest BCUT2D eigenvalue weighted by atomic mass is 9.99. The highest BCUT2D eigenvalue weighted by Gasteiger charge is 2.23. The van der Waals surface area contributed by atoms with Crippen LogP contribution in [-0.4, -0.2) is 32.3 Å². The third-order valence-electron chi connectivity index (χ3n) is 3.13. The number of nitrogens with zero attached hydrogens (tertiary/aromatic N) is 1. The number of hydrogen-bond donors (Lipinski definition) is 0. The Bertz CT molecular complexity index is 544. The molecule has 1 saturated heterocycles. The highest BCUT2D eigenvalue weighted by atomic mass is 35.7. The molecule has 1 amide bonds. The third kappa shape index (κ3) is 3.05. The van der Waals surface area contributed by atoms with Gasteiger partial charge >= 0.3 is 0 Å². The molecule has 0 aromatic carbocycles. The van der Waals surface area contributed by atoms with Gasteiger partial charge in [0.05, 0.1) is 5.56 Å². The minimum atomic E-state index is -3.74. The number of amides is 1. The number of likely N-dealkylation sites (tertiary alicyclic amines) is 1. The average Bonchev–Trinajstić information content (AvgIpc) is 2.78. The Balaban J connectivity index is 2.12. The van der Waals surface area contributed by atoms with Crippen molar-refractivity contribution in [3.63, 3.8) is 0 Å². The Morgan fingerprint density at radius 3 is 2.56 bits per heavy atom. The van der Waals surface area contributed by atoms with Crippen LogP contribution in [0, 0.1) is 5.92 Å². The van der Waals surface area contributed by atoms with E-state index >= 15 is 0 Å². The molecule has 0 N–H and O–H groups in total. The molecule has 100 valence electrons. The Hall–Kier alpha value is -0.590. The maximum Gasteiger partial charge on any atom is 0.270 e. The lowest BCUT2D eigenvalue weighted by molar-refractivity contribution is 0.0697. The van der Waals surface area contributed by atoms with Gasteiger partial charge in [0.1, 0.15) is 4.21 Å². The molecular formula is C11H14ClNO3S2. The minimum Gasteiger partial charge on any atom is -0.339 e. The highest BCUT2D eigenvalue weighted by Crippen LogP contribution is 2.25. The molecule has 2 heterocycles. The zero-order chi connectivity index (χ0) is 13.3. The molecule has 0 radical (unpaired) electrons. The van der Waals surface area contributed by atoms with Crippen LogP contribution in [0.4, 0.5) is 0 Å². The molecular weight excluding hydrogens is 294 g/mol. The van der Waals surface area contributed by atoms with E-state index in [-0.39, 0.29) is 10.1 Å². The van der Waals surface area contributed by atoms with Crippen LogP contribution in [0.2, 0.25) is 0 Å². The van der Waals surface area contributed by atoms with Crippen molar-refractivity contribution in [1.82, 2.24) is 4.90 Å². The Kier molecular flexibility index (Phi) is 3.99. The number of halogens is 1. The summed E-state index contributed by atoms with van der Waals surface area (Å²) in [6.45, 7) is 3.64. The van der Waals surface area contributed by atoms with Gasteiger partial charge in [-0.25, -0.2) is 8.42 Å². The fraction of sp³-hybridized carbons (Fsp3) is 0.545. The molecule has 0 saturated carbocycles. The van der Waals surface area contributed by atoms with E-state index in [1.165, 1.54) is 6.07 Å². The largest absolute Gasteiger partial charge is 0.339 e. The number of carbonyl (C=O) groups is 1. The van der Waals surface area contributed by atoms with Crippen molar-refractivity contribution in [3.8, 4) is 0 Å². The quantitative estimate of drug-likeness (QED) is 0.789. The van der Waals surface area contributed by atoms with Gasteiger partial charge in [-0.1, -0.05) is 6.92 Å². The van der Waals surface area contributed by atoms with Crippen LogP contribution in [-0.2, 0) is 9.05 Å². The molecule has 1 aliphatic rings. The van der Waals surface area contributed by atoms with Gasteiger partial charge in [-0.15, -0.1) is 11.3 Å². The monoisotopic (exact) mass is 307 g/mol. The third-order valence-corrected chi connectivity index (χ3v) is 6.17. The average molecular weight is 308 g/mol. The first-order valence-electron chi connectivity index (χ1n) is 5.70. The summed E-state index contributed by atoms with van der Waals surface area (Å²) < 4.78 is 22.3. The number of hydrogen-bond acceptors (Lipinski definition) is 4. The fourth-order valence-electron chi connectivity index (χ4n) is 1.95. The molecule has 0 bridgehead atoms. The Morgan fingerprint density at radius 1 is 1.44 bits per heavy atom. The number of thiophene rings is 1. The standard InChI is InChI=1S/C11H14ClNO3S2/c1-8-2-4-13(5-3-8)11(14)9-6-10(17-7-9)18(12,15)16/h6-8H,2-5H2,1H3. The van der Waals surface area contributed by atoms with Gasteiger partial charge in [0.15, 0.2) is 0 Å². The summed E-state index contributed by atoms with van der Waals surface area (Å²) in [6.07, 6.45) is 1.99. The summed E-state index contributed by atoms with van der Waals surface area (Å²) in [6, 6.07) is 1.35. The minimum absolute atomic E-state index is 0.0258. The number of rotatable bonds is 2. The van der Waals surface area contributed by atoms with Crippen molar-refractivity contribution in [2.75, 3.05) is 13.1 Å².